The van der Waals surface area contributed by atoms with Gasteiger partial charge in [-0.3, -0.25) is 9.59 Å². The summed E-state index contributed by atoms with van der Waals surface area (Å²) in [6.45, 7) is 7.47. The first-order valence-corrected chi connectivity index (χ1v) is 16.9. The van der Waals surface area contributed by atoms with E-state index in [1.165, 1.54) is 11.5 Å². The highest BCUT2D eigenvalue weighted by molar-refractivity contribution is 6.10. The molecule has 8 heteroatoms. The average molecular weight is 642 g/mol. The van der Waals surface area contributed by atoms with Gasteiger partial charge in [0.05, 0.1) is 12.2 Å². The summed E-state index contributed by atoms with van der Waals surface area (Å²) < 4.78 is 3.75. The second-order valence-corrected chi connectivity index (χ2v) is 12.2. The first-order chi connectivity index (χ1) is 23.4. The van der Waals surface area contributed by atoms with Crippen molar-refractivity contribution < 1.29 is 14.2 Å². The van der Waals surface area contributed by atoms with E-state index in [1.807, 2.05) is 36.4 Å². The molecule has 3 N–H and O–H groups in total. The fourth-order valence-electron chi connectivity index (χ4n) is 6.07. The van der Waals surface area contributed by atoms with E-state index in [1.54, 1.807) is 6.34 Å². The van der Waals surface area contributed by atoms with Crippen LogP contribution in [0.15, 0.2) is 89.5 Å². The number of benzene rings is 2. The highest BCUT2D eigenvalue weighted by Crippen LogP contribution is 2.44. The monoisotopic (exact) mass is 641 g/mol. The third-order valence-corrected chi connectivity index (χ3v) is 8.46. The third-order valence-electron chi connectivity index (χ3n) is 8.46. The van der Waals surface area contributed by atoms with Gasteiger partial charge in [-0.15, -0.1) is 5.92 Å². The lowest BCUT2D eigenvalue weighted by molar-refractivity contribution is -0.246. The normalized spacial score (nSPS) is 14.9. The maximum Gasteiger partial charge on any atom is 0.271 e. The molecule has 1 atom stereocenters. The topological polar surface area (TPSA) is 102 Å². The molecular weight excluding hydrogens is 596 g/mol. The van der Waals surface area contributed by atoms with Crippen LogP contribution in [0, 0.1) is 23.2 Å². The lowest BCUT2D eigenvalue weighted by atomic mass is 9.95. The van der Waals surface area contributed by atoms with Gasteiger partial charge in [-0.1, -0.05) is 96.2 Å². The number of aromatic nitrogens is 1. The standard InChI is InChI=1S/C40H44N6O2/c1-30(47)42-25-15-7-13-24-35(48)43-26-14-4-3-8-17-31-18-16-19-32(27-31)28-46-38(34-22-11-6-12-23-34)36(33-20-9-5-10-21-33)37-39(41)45(2)29-44-40(37)46/h5-6,9-12,16,19-23,27,29,31,41H,2-4,7,13-15,18,24-26,28H2,1H3,(H-,42,43,47,48)/p+1. The smallest absolute Gasteiger partial charge is 0.271 e. The largest absolute Gasteiger partial charge is 0.356 e. The predicted molar refractivity (Wildman–Crippen MR) is 195 cm³/mol. The maximum atomic E-state index is 12.1. The zero-order chi connectivity index (χ0) is 33.7. The van der Waals surface area contributed by atoms with Crippen LogP contribution in [0.1, 0.15) is 63.9 Å². The lowest BCUT2D eigenvalue weighted by Crippen LogP contribution is -2.24. The molecule has 2 aromatic carbocycles. The first-order valence-electron chi connectivity index (χ1n) is 16.9. The number of aliphatic imine (C=N–C) groups is 1. The number of carbonyl (C=O) groups is 2. The van der Waals surface area contributed by atoms with Crippen molar-refractivity contribution in [2.45, 2.75) is 64.8 Å². The van der Waals surface area contributed by atoms with Crippen molar-refractivity contribution in [3.05, 3.63) is 90.0 Å². The molecule has 2 amide bonds. The average Bonchev–Trinajstić information content (AvgIpc) is 3.42. The van der Waals surface area contributed by atoms with Crippen LogP contribution in [-0.2, 0) is 16.1 Å². The molecular formula is C40H45N6O2+. The Hall–Kier alpha value is -5.29. The maximum absolute atomic E-state index is 12.1. The third kappa shape index (κ3) is 8.95. The molecule has 8 nitrogen and oxygen atoms in total. The number of unbranched alkanes of at least 4 members (excludes halogenated alkanes) is 4. The van der Waals surface area contributed by atoms with Crippen LogP contribution in [0.2, 0.25) is 0 Å². The van der Waals surface area contributed by atoms with Gasteiger partial charge in [-0.05, 0) is 48.8 Å². The summed E-state index contributed by atoms with van der Waals surface area (Å²) in [7, 11) is 0. The number of nitrogens with one attached hydrogen (secondary N) is 3. The Morgan fingerprint density at radius 1 is 0.958 bits per heavy atom. The van der Waals surface area contributed by atoms with Crippen LogP contribution in [0.3, 0.4) is 0 Å². The zero-order valence-electron chi connectivity index (χ0n) is 27.8. The number of hydrogen-bond donors (Lipinski definition) is 3. The predicted octanol–water partition coefficient (Wildman–Crippen LogP) is 7.02. The van der Waals surface area contributed by atoms with E-state index in [9.17, 15) is 9.59 Å². The van der Waals surface area contributed by atoms with E-state index < -0.39 is 0 Å². The highest BCUT2D eigenvalue weighted by atomic mass is 16.2. The molecule has 1 aliphatic heterocycles. The Bertz CT molecular complexity index is 1790. The van der Waals surface area contributed by atoms with Crippen molar-refractivity contribution in [3.8, 4) is 34.2 Å². The molecule has 0 bridgehead atoms. The molecule has 0 spiro atoms. The summed E-state index contributed by atoms with van der Waals surface area (Å²) in [5.41, 5.74) is 6.06. The zero-order valence-corrected chi connectivity index (χ0v) is 27.8. The minimum Gasteiger partial charge on any atom is -0.356 e. The fraction of sp³-hybridized carbons (Fsp3) is 0.325. The summed E-state index contributed by atoms with van der Waals surface area (Å²) in [5, 5.41) is 14.8. The van der Waals surface area contributed by atoms with Crippen molar-refractivity contribution >= 4 is 36.5 Å². The Kier molecular flexibility index (Phi) is 12.1. The van der Waals surface area contributed by atoms with Crippen LogP contribution in [0.4, 0.5) is 5.82 Å². The Morgan fingerprint density at radius 3 is 2.42 bits per heavy atom. The van der Waals surface area contributed by atoms with E-state index in [-0.39, 0.29) is 17.7 Å². The summed E-state index contributed by atoms with van der Waals surface area (Å²) in [4.78, 5) is 27.8. The van der Waals surface area contributed by atoms with E-state index in [0.717, 1.165) is 84.3 Å². The number of allylic oxidation sites excluding steroid dienone is 4. The van der Waals surface area contributed by atoms with Crippen LogP contribution < -0.4 is 10.6 Å². The van der Waals surface area contributed by atoms with Gasteiger partial charge in [0.25, 0.3) is 5.84 Å². The minimum absolute atomic E-state index is 0.0128. The van der Waals surface area contributed by atoms with Crippen LogP contribution in [-0.4, -0.2) is 52.9 Å². The number of rotatable bonds is 14. The molecule has 2 aliphatic rings. The number of hydrogen-bond acceptors (Lipinski definition) is 4. The number of amidine groups is 1. The van der Waals surface area contributed by atoms with Crippen LogP contribution in [0.5, 0.6) is 0 Å². The van der Waals surface area contributed by atoms with Crippen LogP contribution >= 0.6 is 0 Å². The fourth-order valence-corrected chi connectivity index (χ4v) is 6.07. The molecule has 48 heavy (non-hydrogen) atoms. The summed E-state index contributed by atoms with van der Waals surface area (Å²) in [5.74, 6) is 8.12. The number of carbonyl (C=O) groups excluding carboxylic acids is 2. The SMILES string of the molecule is C=[N+]1C=Nc2c(c(-c3ccccc3)c(-c3ccccc3)n2CC2=CC(C#CCCCCNC(=O)CCCCCNC(C)=O)CC=C2)C1=N. The lowest BCUT2D eigenvalue weighted by Gasteiger charge is -2.16. The van der Waals surface area contributed by atoms with Crippen molar-refractivity contribution in [2.75, 3.05) is 13.1 Å². The Labute approximate surface area is 283 Å². The second-order valence-electron chi connectivity index (χ2n) is 12.2. The molecule has 2 heterocycles. The van der Waals surface area contributed by atoms with Gasteiger partial charge in [0.2, 0.25) is 24.0 Å². The van der Waals surface area contributed by atoms with Crippen molar-refractivity contribution in [1.82, 2.24) is 15.2 Å². The molecule has 0 saturated heterocycles. The van der Waals surface area contributed by atoms with Gasteiger partial charge in [0, 0.05) is 51.1 Å². The van der Waals surface area contributed by atoms with Crippen molar-refractivity contribution in [3.63, 3.8) is 0 Å². The van der Waals surface area contributed by atoms with Gasteiger partial charge in [0.1, 0.15) is 5.56 Å². The summed E-state index contributed by atoms with van der Waals surface area (Å²) >= 11 is 0. The van der Waals surface area contributed by atoms with Crippen molar-refractivity contribution in [2.24, 2.45) is 10.9 Å². The molecule has 0 radical (unpaired) electrons. The Morgan fingerprint density at radius 2 is 1.67 bits per heavy atom. The molecule has 3 aromatic rings. The van der Waals surface area contributed by atoms with Gasteiger partial charge in [-0.2, -0.15) is 5.41 Å². The molecule has 246 valence electrons. The van der Waals surface area contributed by atoms with Gasteiger partial charge >= 0.3 is 0 Å². The number of fused-ring (bicyclic) bond motifs is 1. The van der Waals surface area contributed by atoms with E-state index >= 15 is 0 Å². The van der Waals surface area contributed by atoms with Gasteiger partial charge in [0.15, 0.2) is 0 Å². The number of nitrogens with zero attached hydrogens (tertiary/aromatic N) is 3. The second kappa shape index (κ2) is 17.0. The molecule has 1 aliphatic carbocycles. The van der Waals surface area contributed by atoms with E-state index in [4.69, 9.17) is 10.4 Å². The van der Waals surface area contributed by atoms with Crippen LogP contribution in [0.25, 0.3) is 22.4 Å². The van der Waals surface area contributed by atoms with E-state index in [0.29, 0.717) is 31.9 Å². The first kappa shape index (κ1) is 34.1. The Balaban J connectivity index is 1.22. The molecule has 5 rings (SSSR count). The minimum atomic E-state index is -0.0128. The molecule has 1 unspecified atom stereocenters. The highest BCUT2D eigenvalue weighted by Gasteiger charge is 2.34. The molecule has 0 saturated carbocycles. The van der Waals surface area contributed by atoms with Gasteiger partial charge < -0.3 is 15.2 Å². The molecule has 1 aromatic heterocycles. The van der Waals surface area contributed by atoms with Gasteiger partial charge in [-0.25, -0.2) is 4.58 Å². The number of amides is 2. The summed E-state index contributed by atoms with van der Waals surface area (Å²) in [6.07, 6.45) is 15.0. The quantitative estimate of drug-likeness (QED) is 0.100. The summed E-state index contributed by atoms with van der Waals surface area (Å²) in [6, 6.07) is 20.6. The molecule has 0 fully saturated rings. The van der Waals surface area contributed by atoms with E-state index in [2.05, 4.69) is 76.3 Å². The van der Waals surface area contributed by atoms with Crippen molar-refractivity contribution in [1.29, 1.82) is 5.41 Å².